The first kappa shape index (κ1) is 20.2. The number of carbonyl (C=O) groups is 2. The summed E-state index contributed by atoms with van der Waals surface area (Å²) in [6, 6.07) is 0. The largest absolute Gasteiger partial charge is 0.481 e. The van der Waals surface area contributed by atoms with E-state index in [1.807, 2.05) is 26.0 Å². The second-order valence-electron chi connectivity index (χ2n) is 5.43. The summed E-state index contributed by atoms with van der Waals surface area (Å²) in [6.45, 7) is 9.69. The molecule has 124 valence electrons. The van der Waals surface area contributed by atoms with E-state index >= 15 is 0 Å². The van der Waals surface area contributed by atoms with Gasteiger partial charge in [0.25, 0.3) is 0 Å². The standard InChI is InChI=1S/C18H29NO3/c1-5-9-16(7-3)18(22)19-14(4)12-13-15(6-2)10-8-11-17(20)21/h6,12-13,16H,2,5,7-11H2,1,3-4H3,(H,19,22)(H,20,21)/b14-12+,15-13+. The fourth-order valence-corrected chi connectivity index (χ4v) is 2.14. The average Bonchev–Trinajstić information content (AvgIpc) is 2.47. The summed E-state index contributed by atoms with van der Waals surface area (Å²) in [7, 11) is 0. The van der Waals surface area contributed by atoms with Gasteiger partial charge in [-0.1, -0.05) is 39.0 Å². The monoisotopic (exact) mass is 307 g/mol. The molecule has 0 aliphatic heterocycles. The van der Waals surface area contributed by atoms with Crippen molar-refractivity contribution in [1.82, 2.24) is 5.32 Å². The summed E-state index contributed by atoms with van der Waals surface area (Å²) in [5, 5.41) is 11.5. The van der Waals surface area contributed by atoms with Crippen LogP contribution in [0.2, 0.25) is 0 Å². The third kappa shape index (κ3) is 9.16. The van der Waals surface area contributed by atoms with E-state index in [4.69, 9.17) is 5.11 Å². The van der Waals surface area contributed by atoms with Crippen molar-refractivity contribution in [1.29, 1.82) is 0 Å². The molecule has 1 amide bonds. The topological polar surface area (TPSA) is 66.4 Å². The number of nitrogens with one attached hydrogen (secondary N) is 1. The van der Waals surface area contributed by atoms with Crippen molar-refractivity contribution in [2.45, 2.75) is 59.3 Å². The van der Waals surface area contributed by atoms with Crippen LogP contribution >= 0.6 is 0 Å². The smallest absolute Gasteiger partial charge is 0.303 e. The summed E-state index contributed by atoms with van der Waals surface area (Å²) >= 11 is 0. The van der Waals surface area contributed by atoms with Gasteiger partial charge in [0, 0.05) is 18.0 Å². The number of hydrogen-bond acceptors (Lipinski definition) is 2. The van der Waals surface area contributed by atoms with Crippen LogP contribution in [0, 0.1) is 5.92 Å². The minimum absolute atomic E-state index is 0.0618. The first-order valence-electron chi connectivity index (χ1n) is 7.97. The van der Waals surface area contributed by atoms with E-state index < -0.39 is 5.97 Å². The number of carbonyl (C=O) groups excluding carboxylic acids is 1. The molecule has 4 nitrogen and oxygen atoms in total. The lowest BCUT2D eigenvalue weighted by molar-refractivity contribution is -0.137. The fraction of sp³-hybridized carbons (Fsp3) is 0.556. The van der Waals surface area contributed by atoms with E-state index in [1.54, 1.807) is 6.08 Å². The molecule has 0 bridgehead atoms. The molecule has 0 spiro atoms. The van der Waals surface area contributed by atoms with Crippen LogP contribution in [-0.2, 0) is 9.59 Å². The molecule has 0 aliphatic rings. The number of allylic oxidation sites excluding steroid dienone is 5. The number of hydrogen-bond donors (Lipinski definition) is 2. The lowest BCUT2D eigenvalue weighted by Crippen LogP contribution is -2.28. The summed E-state index contributed by atoms with van der Waals surface area (Å²) in [5.41, 5.74) is 1.76. The van der Waals surface area contributed by atoms with Gasteiger partial charge >= 0.3 is 5.97 Å². The molecule has 0 saturated carbocycles. The van der Waals surface area contributed by atoms with Gasteiger partial charge in [0.05, 0.1) is 0 Å². The van der Waals surface area contributed by atoms with Gasteiger partial charge in [0.1, 0.15) is 0 Å². The van der Waals surface area contributed by atoms with Crippen molar-refractivity contribution in [3.8, 4) is 0 Å². The minimum Gasteiger partial charge on any atom is -0.481 e. The molecule has 0 aromatic heterocycles. The minimum atomic E-state index is -0.788. The van der Waals surface area contributed by atoms with Gasteiger partial charge in [-0.2, -0.15) is 0 Å². The van der Waals surface area contributed by atoms with Gasteiger partial charge in [0.2, 0.25) is 5.91 Å². The number of carboxylic acid groups (broad SMARTS) is 1. The van der Waals surface area contributed by atoms with E-state index in [-0.39, 0.29) is 18.2 Å². The van der Waals surface area contributed by atoms with Crippen molar-refractivity contribution >= 4 is 11.9 Å². The van der Waals surface area contributed by atoms with Crippen molar-refractivity contribution in [3.63, 3.8) is 0 Å². The highest BCUT2D eigenvalue weighted by Crippen LogP contribution is 2.12. The fourth-order valence-electron chi connectivity index (χ4n) is 2.14. The molecule has 1 atom stereocenters. The van der Waals surface area contributed by atoms with Crippen LogP contribution in [0.4, 0.5) is 0 Å². The lowest BCUT2D eigenvalue weighted by atomic mass is 10.00. The van der Waals surface area contributed by atoms with Crippen LogP contribution in [0.5, 0.6) is 0 Å². The molecule has 0 saturated heterocycles. The first-order valence-corrected chi connectivity index (χ1v) is 7.97. The highest BCUT2D eigenvalue weighted by Gasteiger charge is 2.14. The van der Waals surface area contributed by atoms with Crippen LogP contribution in [0.15, 0.2) is 36.1 Å². The van der Waals surface area contributed by atoms with Gasteiger partial charge in [-0.25, -0.2) is 0 Å². The number of aliphatic carboxylic acids is 1. The molecular weight excluding hydrogens is 278 g/mol. The third-order valence-corrected chi connectivity index (χ3v) is 3.49. The Kier molecular flexibility index (Phi) is 10.8. The zero-order valence-electron chi connectivity index (χ0n) is 14.0. The molecular formula is C18H29NO3. The zero-order chi connectivity index (χ0) is 17.0. The predicted molar refractivity (Wildman–Crippen MR) is 90.4 cm³/mol. The Morgan fingerprint density at radius 1 is 1.23 bits per heavy atom. The molecule has 0 heterocycles. The molecule has 22 heavy (non-hydrogen) atoms. The maximum atomic E-state index is 12.1. The Labute approximate surface area is 134 Å². The summed E-state index contributed by atoms with van der Waals surface area (Å²) < 4.78 is 0. The summed E-state index contributed by atoms with van der Waals surface area (Å²) in [5.74, 6) is -0.659. The third-order valence-electron chi connectivity index (χ3n) is 3.49. The van der Waals surface area contributed by atoms with Crippen molar-refractivity contribution in [2.24, 2.45) is 5.92 Å². The molecule has 1 unspecified atom stereocenters. The van der Waals surface area contributed by atoms with Gasteiger partial charge in [-0.3, -0.25) is 9.59 Å². The van der Waals surface area contributed by atoms with E-state index in [0.717, 1.165) is 30.5 Å². The number of rotatable bonds is 11. The van der Waals surface area contributed by atoms with E-state index in [2.05, 4.69) is 18.8 Å². The molecule has 2 N–H and O–H groups in total. The van der Waals surface area contributed by atoms with Crippen LogP contribution in [-0.4, -0.2) is 17.0 Å². The molecule has 0 radical (unpaired) electrons. The summed E-state index contributed by atoms with van der Waals surface area (Å²) in [4.78, 5) is 22.6. The maximum Gasteiger partial charge on any atom is 0.303 e. The molecule has 0 aromatic rings. The highest BCUT2D eigenvalue weighted by atomic mass is 16.4. The van der Waals surface area contributed by atoms with Gasteiger partial charge < -0.3 is 10.4 Å². The Bertz CT molecular complexity index is 436. The van der Waals surface area contributed by atoms with Crippen LogP contribution in [0.1, 0.15) is 59.3 Å². The van der Waals surface area contributed by atoms with Gasteiger partial charge in [-0.05, 0) is 44.3 Å². The van der Waals surface area contributed by atoms with E-state index in [9.17, 15) is 9.59 Å². The quantitative estimate of drug-likeness (QED) is 0.562. The molecule has 0 aliphatic carbocycles. The number of amides is 1. The van der Waals surface area contributed by atoms with Crippen molar-refractivity contribution in [2.75, 3.05) is 0 Å². The summed E-state index contributed by atoms with van der Waals surface area (Å²) in [6.07, 6.45) is 9.59. The average molecular weight is 307 g/mol. The van der Waals surface area contributed by atoms with Crippen molar-refractivity contribution in [3.05, 3.63) is 36.1 Å². The second-order valence-corrected chi connectivity index (χ2v) is 5.43. The van der Waals surface area contributed by atoms with E-state index in [0.29, 0.717) is 12.8 Å². The van der Waals surface area contributed by atoms with E-state index in [1.165, 1.54) is 0 Å². The van der Waals surface area contributed by atoms with Crippen LogP contribution in [0.3, 0.4) is 0 Å². The van der Waals surface area contributed by atoms with Gasteiger partial charge in [-0.15, -0.1) is 0 Å². The van der Waals surface area contributed by atoms with Gasteiger partial charge in [0.15, 0.2) is 0 Å². The SMILES string of the molecule is C=C/C(=C\C=C(/C)NC(=O)C(CC)CCC)CCCC(=O)O. The molecule has 0 fully saturated rings. The van der Waals surface area contributed by atoms with Crippen LogP contribution in [0.25, 0.3) is 0 Å². The molecule has 0 aromatic carbocycles. The molecule has 4 heteroatoms. The lowest BCUT2D eigenvalue weighted by Gasteiger charge is -2.14. The normalized spacial score (nSPS) is 13.6. The molecule has 0 rings (SSSR count). The Balaban J connectivity index is 4.54. The van der Waals surface area contributed by atoms with Crippen molar-refractivity contribution < 1.29 is 14.7 Å². The first-order chi connectivity index (χ1) is 10.4. The Morgan fingerprint density at radius 3 is 2.41 bits per heavy atom. The van der Waals surface area contributed by atoms with Crippen LogP contribution < -0.4 is 5.32 Å². The number of carboxylic acids is 1. The Morgan fingerprint density at radius 2 is 1.91 bits per heavy atom. The Hall–Kier alpha value is -1.84. The maximum absolute atomic E-state index is 12.1. The highest BCUT2D eigenvalue weighted by molar-refractivity contribution is 5.80. The predicted octanol–water partition coefficient (Wildman–Crippen LogP) is 4.20. The zero-order valence-corrected chi connectivity index (χ0v) is 14.0. The second kappa shape index (κ2) is 11.8.